The molecule has 0 bridgehead atoms. The van der Waals surface area contributed by atoms with E-state index in [1.807, 2.05) is 42.2 Å². The molecule has 0 aliphatic carbocycles. The van der Waals surface area contributed by atoms with E-state index in [0.717, 1.165) is 44.1 Å². The first-order chi connectivity index (χ1) is 14.2. The average Bonchev–Trinajstić information content (AvgIpc) is 3.30. The van der Waals surface area contributed by atoms with E-state index in [9.17, 15) is 4.79 Å². The van der Waals surface area contributed by atoms with Gasteiger partial charge >= 0.3 is 0 Å². The molecular weight excluding hydrogens is 366 g/mol. The van der Waals surface area contributed by atoms with Crippen molar-refractivity contribution in [3.8, 4) is 5.69 Å². The van der Waals surface area contributed by atoms with Crippen LogP contribution in [0.25, 0.3) is 5.69 Å². The Labute approximate surface area is 170 Å². The molecule has 3 aromatic rings. The van der Waals surface area contributed by atoms with Gasteiger partial charge in [-0.15, -0.1) is 5.10 Å². The summed E-state index contributed by atoms with van der Waals surface area (Å²) in [7, 11) is 0. The first-order valence-electron chi connectivity index (χ1n) is 9.84. The molecular formula is C21H25N7O. The van der Waals surface area contributed by atoms with E-state index in [-0.39, 0.29) is 11.9 Å². The van der Waals surface area contributed by atoms with Crippen LogP contribution in [0.5, 0.6) is 0 Å². The number of amides is 1. The summed E-state index contributed by atoms with van der Waals surface area (Å²) in [6, 6.07) is 17.9. The normalized spacial score (nSPS) is 15.8. The van der Waals surface area contributed by atoms with Crippen LogP contribution < -0.4 is 5.32 Å². The topological polar surface area (TPSA) is 79.2 Å². The molecule has 0 radical (unpaired) electrons. The predicted octanol–water partition coefficient (Wildman–Crippen LogP) is 1.81. The highest BCUT2D eigenvalue weighted by Crippen LogP contribution is 2.15. The molecule has 0 saturated carbocycles. The Balaban J connectivity index is 1.27. The average molecular weight is 391 g/mol. The van der Waals surface area contributed by atoms with Crippen molar-refractivity contribution in [1.29, 1.82) is 0 Å². The lowest BCUT2D eigenvalue weighted by atomic mass is 10.2. The maximum absolute atomic E-state index is 12.8. The summed E-state index contributed by atoms with van der Waals surface area (Å²) in [4.78, 5) is 17.2. The Kier molecular flexibility index (Phi) is 5.81. The Morgan fingerprint density at radius 1 is 1.03 bits per heavy atom. The molecule has 8 nitrogen and oxygen atoms in total. The van der Waals surface area contributed by atoms with E-state index in [1.165, 1.54) is 5.56 Å². The van der Waals surface area contributed by atoms with E-state index < -0.39 is 0 Å². The van der Waals surface area contributed by atoms with E-state index in [0.29, 0.717) is 0 Å². The monoisotopic (exact) mass is 391 g/mol. The third-order valence-corrected chi connectivity index (χ3v) is 5.17. The van der Waals surface area contributed by atoms with Crippen LogP contribution in [0.3, 0.4) is 0 Å². The molecule has 2 heterocycles. The zero-order valence-electron chi connectivity index (χ0n) is 16.5. The number of piperazine rings is 1. The van der Waals surface area contributed by atoms with Gasteiger partial charge in [-0.25, -0.2) is 4.68 Å². The van der Waals surface area contributed by atoms with Gasteiger partial charge in [-0.1, -0.05) is 30.3 Å². The SMILES string of the molecule is C[C@@H](Nc1ccc(-n2cnnn2)cc1)C(=O)N1CCN(Cc2ccccc2)CC1. The van der Waals surface area contributed by atoms with Crippen molar-refractivity contribution in [2.45, 2.75) is 19.5 Å². The quantitative estimate of drug-likeness (QED) is 0.690. The summed E-state index contributed by atoms with van der Waals surface area (Å²) in [5.41, 5.74) is 3.08. The Morgan fingerprint density at radius 3 is 2.41 bits per heavy atom. The molecule has 1 aromatic heterocycles. The fourth-order valence-electron chi connectivity index (χ4n) is 3.54. The summed E-state index contributed by atoms with van der Waals surface area (Å²) in [5, 5.41) is 14.4. The Bertz CT molecular complexity index is 904. The number of benzene rings is 2. The lowest BCUT2D eigenvalue weighted by molar-refractivity contribution is -0.133. The van der Waals surface area contributed by atoms with Gasteiger partial charge in [-0.2, -0.15) is 0 Å². The molecule has 0 spiro atoms. The molecule has 1 amide bonds. The van der Waals surface area contributed by atoms with E-state index in [4.69, 9.17) is 0 Å². The van der Waals surface area contributed by atoms with Gasteiger partial charge in [0.25, 0.3) is 0 Å². The van der Waals surface area contributed by atoms with Crippen molar-refractivity contribution >= 4 is 11.6 Å². The van der Waals surface area contributed by atoms with Crippen LogP contribution in [0, 0.1) is 0 Å². The number of carbonyl (C=O) groups is 1. The number of nitrogens with one attached hydrogen (secondary N) is 1. The fraction of sp³-hybridized carbons (Fsp3) is 0.333. The number of aromatic nitrogens is 4. The minimum atomic E-state index is -0.283. The molecule has 1 N–H and O–H groups in total. The molecule has 0 unspecified atom stereocenters. The molecule has 1 saturated heterocycles. The smallest absolute Gasteiger partial charge is 0.244 e. The highest BCUT2D eigenvalue weighted by atomic mass is 16.2. The highest BCUT2D eigenvalue weighted by molar-refractivity contribution is 5.84. The van der Waals surface area contributed by atoms with E-state index >= 15 is 0 Å². The summed E-state index contributed by atoms with van der Waals surface area (Å²) < 4.78 is 1.59. The number of carbonyl (C=O) groups excluding carboxylic acids is 1. The number of anilines is 1. The second kappa shape index (κ2) is 8.83. The van der Waals surface area contributed by atoms with Gasteiger partial charge in [0.1, 0.15) is 12.4 Å². The number of rotatable bonds is 6. The fourth-order valence-corrected chi connectivity index (χ4v) is 3.54. The van der Waals surface area contributed by atoms with Crippen molar-refractivity contribution < 1.29 is 4.79 Å². The number of nitrogens with zero attached hydrogens (tertiary/aromatic N) is 6. The highest BCUT2D eigenvalue weighted by Gasteiger charge is 2.24. The number of hydrogen-bond acceptors (Lipinski definition) is 6. The van der Waals surface area contributed by atoms with Crippen molar-refractivity contribution in [2.75, 3.05) is 31.5 Å². The zero-order valence-corrected chi connectivity index (χ0v) is 16.5. The zero-order chi connectivity index (χ0) is 20.1. The predicted molar refractivity (Wildman–Crippen MR) is 111 cm³/mol. The molecule has 1 aliphatic heterocycles. The molecule has 4 rings (SSSR count). The van der Waals surface area contributed by atoms with Crippen LogP contribution in [0.2, 0.25) is 0 Å². The summed E-state index contributed by atoms with van der Waals surface area (Å²) >= 11 is 0. The second-order valence-electron chi connectivity index (χ2n) is 7.25. The number of tetrazole rings is 1. The summed E-state index contributed by atoms with van der Waals surface area (Å²) in [6.07, 6.45) is 1.55. The summed E-state index contributed by atoms with van der Waals surface area (Å²) in [6.45, 7) is 6.16. The van der Waals surface area contributed by atoms with Crippen molar-refractivity contribution in [1.82, 2.24) is 30.0 Å². The molecule has 2 aromatic carbocycles. The molecule has 8 heteroatoms. The molecule has 1 atom stereocenters. The molecule has 1 aliphatic rings. The van der Waals surface area contributed by atoms with Gasteiger partial charge in [0.2, 0.25) is 5.91 Å². The van der Waals surface area contributed by atoms with Crippen LogP contribution in [-0.4, -0.2) is 68.1 Å². The van der Waals surface area contributed by atoms with Crippen LogP contribution in [0.4, 0.5) is 5.69 Å². The largest absolute Gasteiger partial charge is 0.374 e. The second-order valence-corrected chi connectivity index (χ2v) is 7.25. The summed E-state index contributed by atoms with van der Waals surface area (Å²) in [5.74, 6) is 0.133. The third kappa shape index (κ3) is 4.78. The van der Waals surface area contributed by atoms with Gasteiger partial charge < -0.3 is 10.2 Å². The number of hydrogen-bond donors (Lipinski definition) is 1. The molecule has 150 valence electrons. The van der Waals surface area contributed by atoms with Crippen molar-refractivity contribution in [3.63, 3.8) is 0 Å². The van der Waals surface area contributed by atoms with E-state index in [1.54, 1.807) is 11.0 Å². The molecule has 29 heavy (non-hydrogen) atoms. The van der Waals surface area contributed by atoms with Gasteiger partial charge in [-0.05, 0) is 47.2 Å². The van der Waals surface area contributed by atoms with Crippen LogP contribution >= 0.6 is 0 Å². The van der Waals surface area contributed by atoms with Gasteiger partial charge in [-0.3, -0.25) is 9.69 Å². The van der Waals surface area contributed by atoms with Crippen molar-refractivity contribution in [3.05, 3.63) is 66.5 Å². The van der Waals surface area contributed by atoms with Gasteiger partial charge in [0.05, 0.1) is 5.69 Å². The first-order valence-corrected chi connectivity index (χ1v) is 9.84. The standard InChI is InChI=1S/C21H25N7O/c1-17(23-19-7-9-20(10-8-19)28-16-22-24-25-28)21(29)27-13-11-26(12-14-27)15-18-5-3-2-4-6-18/h2-10,16-17,23H,11-15H2,1H3/t17-/m1/s1. The van der Waals surface area contributed by atoms with Crippen LogP contribution in [-0.2, 0) is 11.3 Å². The van der Waals surface area contributed by atoms with Crippen molar-refractivity contribution in [2.24, 2.45) is 0 Å². The molecule has 1 fully saturated rings. The minimum Gasteiger partial charge on any atom is -0.374 e. The van der Waals surface area contributed by atoms with Crippen LogP contribution in [0.15, 0.2) is 60.9 Å². The van der Waals surface area contributed by atoms with Gasteiger partial charge in [0.15, 0.2) is 0 Å². The first kappa shape index (κ1) is 19.1. The minimum absolute atomic E-state index is 0.133. The Morgan fingerprint density at radius 2 is 1.76 bits per heavy atom. The van der Waals surface area contributed by atoms with E-state index in [2.05, 4.69) is 50.0 Å². The van der Waals surface area contributed by atoms with Gasteiger partial charge in [0, 0.05) is 38.4 Å². The lowest BCUT2D eigenvalue weighted by Crippen LogP contribution is -2.51. The lowest BCUT2D eigenvalue weighted by Gasteiger charge is -2.36. The third-order valence-electron chi connectivity index (χ3n) is 5.17. The van der Waals surface area contributed by atoms with Crippen LogP contribution in [0.1, 0.15) is 12.5 Å². The maximum atomic E-state index is 12.8. The maximum Gasteiger partial charge on any atom is 0.244 e. The Hall–Kier alpha value is -3.26.